The van der Waals surface area contributed by atoms with Gasteiger partial charge in [-0.05, 0) is 70.9 Å². The highest BCUT2D eigenvalue weighted by Crippen LogP contribution is 2.30. The predicted molar refractivity (Wildman–Crippen MR) is 151 cm³/mol. The summed E-state index contributed by atoms with van der Waals surface area (Å²) in [6.07, 6.45) is 4.75. The lowest BCUT2D eigenvalue weighted by atomic mass is 9.99. The van der Waals surface area contributed by atoms with Crippen LogP contribution in [-0.2, 0) is 14.3 Å². The zero-order valence-electron chi connectivity index (χ0n) is 22.0. The molecule has 7 nitrogen and oxygen atoms in total. The first kappa shape index (κ1) is 30.1. The number of alkyl carbamates (subject to hydrolysis) is 1. The smallest absolute Gasteiger partial charge is 0.408 e. The lowest BCUT2D eigenvalue weighted by Crippen LogP contribution is -2.55. The van der Waals surface area contributed by atoms with E-state index in [0.717, 1.165) is 5.56 Å². The Labute approximate surface area is 229 Å². The molecule has 0 fully saturated rings. The van der Waals surface area contributed by atoms with Crippen molar-refractivity contribution in [1.29, 1.82) is 0 Å². The number of carbonyl (C=O) groups excluding carboxylic acids is 3. The van der Waals surface area contributed by atoms with Crippen LogP contribution in [0.1, 0.15) is 57.4 Å². The molecule has 2 aromatic carbocycles. The van der Waals surface area contributed by atoms with E-state index in [4.69, 9.17) is 22.8 Å². The molecular weight excluding hydrogens is 510 g/mol. The van der Waals surface area contributed by atoms with Crippen molar-refractivity contribution in [2.24, 2.45) is 0 Å². The van der Waals surface area contributed by atoms with Gasteiger partial charge in [-0.3, -0.25) is 9.59 Å². The van der Waals surface area contributed by atoms with Gasteiger partial charge in [0.25, 0.3) is 5.91 Å². The number of hydrogen-bond donors (Lipinski definition) is 3. The summed E-state index contributed by atoms with van der Waals surface area (Å²) in [7, 11) is 0. The van der Waals surface area contributed by atoms with Gasteiger partial charge in [-0.2, -0.15) is 12.6 Å². The fourth-order valence-corrected chi connectivity index (χ4v) is 4.19. The average Bonchev–Trinajstić information content (AvgIpc) is 2.81. The minimum atomic E-state index is -1.06. The highest BCUT2D eigenvalue weighted by molar-refractivity contribution is 7.80. The molecule has 2 N–H and O–H groups in total. The molecule has 37 heavy (non-hydrogen) atoms. The minimum Gasteiger partial charge on any atom is -0.444 e. The van der Waals surface area contributed by atoms with Gasteiger partial charge in [0.2, 0.25) is 5.91 Å². The highest BCUT2D eigenvalue weighted by atomic mass is 35.5. The molecule has 0 aromatic heterocycles. The first-order valence-corrected chi connectivity index (χ1v) is 12.8. The zero-order valence-corrected chi connectivity index (χ0v) is 23.6. The van der Waals surface area contributed by atoms with E-state index in [1.807, 2.05) is 13.0 Å². The van der Waals surface area contributed by atoms with E-state index in [1.165, 1.54) is 4.90 Å². The quantitative estimate of drug-likeness (QED) is 0.308. The molecule has 0 aliphatic rings. The van der Waals surface area contributed by atoms with E-state index >= 15 is 0 Å². The number of benzene rings is 2. The van der Waals surface area contributed by atoms with Crippen LogP contribution in [0.2, 0.25) is 5.02 Å². The van der Waals surface area contributed by atoms with Gasteiger partial charge in [0.05, 0.1) is 10.7 Å². The Morgan fingerprint density at radius 3 is 2.24 bits per heavy atom. The summed E-state index contributed by atoms with van der Waals surface area (Å²) < 4.78 is 5.32. The summed E-state index contributed by atoms with van der Waals surface area (Å²) in [6, 6.07) is 9.58. The van der Waals surface area contributed by atoms with Gasteiger partial charge >= 0.3 is 6.09 Å². The van der Waals surface area contributed by atoms with Crippen LogP contribution in [0.4, 0.5) is 10.5 Å². The first-order valence-electron chi connectivity index (χ1n) is 11.8. The number of para-hydroxylation sites is 1. The van der Waals surface area contributed by atoms with Crippen molar-refractivity contribution >= 4 is 47.8 Å². The molecule has 0 saturated carbocycles. The van der Waals surface area contributed by atoms with Gasteiger partial charge in [-0.1, -0.05) is 41.8 Å². The number of halogens is 1. The van der Waals surface area contributed by atoms with Gasteiger partial charge in [0, 0.05) is 17.4 Å². The van der Waals surface area contributed by atoms with Crippen LogP contribution >= 0.6 is 24.2 Å². The fraction of sp³-hybridized carbons (Fsp3) is 0.393. The molecule has 198 valence electrons. The van der Waals surface area contributed by atoms with Crippen LogP contribution in [0.5, 0.6) is 0 Å². The largest absolute Gasteiger partial charge is 0.444 e. The number of amides is 3. The number of nitrogens with one attached hydrogen (secondary N) is 2. The molecule has 0 aliphatic carbocycles. The Kier molecular flexibility index (Phi) is 10.5. The van der Waals surface area contributed by atoms with Crippen LogP contribution in [0.3, 0.4) is 0 Å². The number of terminal acetylenes is 1. The molecule has 2 atom stereocenters. The Balaban J connectivity index is 2.52. The van der Waals surface area contributed by atoms with Crippen molar-refractivity contribution in [2.75, 3.05) is 11.1 Å². The molecule has 2 unspecified atom stereocenters. The van der Waals surface area contributed by atoms with Crippen molar-refractivity contribution < 1.29 is 19.1 Å². The van der Waals surface area contributed by atoms with Crippen molar-refractivity contribution in [3.05, 3.63) is 64.2 Å². The summed E-state index contributed by atoms with van der Waals surface area (Å²) in [4.78, 5) is 41.5. The molecule has 0 radical (unpaired) electrons. The molecule has 2 rings (SSSR count). The number of aryl methyl sites for hydroxylation is 1. The van der Waals surface area contributed by atoms with E-state index in [9.17, 15) is 14.4 Å². The maximum absolute atomic E-state index is 13.8. The van der Waals surface area contributed by atoms with Gasteiger partial charge in [-0.15, -0.1) is 6.42 Å². The van der Waals surface area contributed by atoms with Crippen LogP contribution in [0.15, 0.2) is 42.5 Å². The van der Waals surface area contributed by atoms with Gasteiger partial charge in [-0.25, -0.2) is 4.79 Å². The van der Waals surface area contributed by atoms with Crippen molar-refractivity contribution in [2.45, 2.75) is 65.3 Å². The summed E-state index contributed by atoms with van der Waals surface area (Å²) in [5, 5.41) is 5.84. The third kappa shape index (κ3) is 8.17. The van der Waals surface area contributed by atoms with Crippen molar-refractivity contribution in [1.82, 2.24) is 10.2 Å². The first-order chi connectivity index (χ1) is 17.3. The number of anilines is 1. The molecule has 0 heterocycles. The standard InChI is InChI=1S/C28H34ClN3O4S/c1-8-19-12-14-20(15-13-19)24(25(33)31-23-18(4)10-9-11-21(23)29)32(17(2)3)26(34)22(16-37)30-27(35)36-28(5,6)7/h1,9-15,17,22,24,37H,16H2,2-7H3,(H,30,35)(H,31,33). The zero-order chi connectivity index (χ0) is 27.9. The summed E-state index contributed by atoms with van der Waals surface area (Å²) in [5.74, 6) is 1.58. The lowest BCUT2D eigenvalue weighted by Gasteiger charge is -2.37. The monoisotopic (exact) mass is 543 g/mol. The number of hydrogen-bond acceptors (Lipinski definition) is 5. The lowest BCUT2D eigenvalue weighted by molar-refractivity contribution is -0.142. The van der Waals surface area contributed by atoms with E-state index in [2.05, 4.69) is 29.2 Å². The van der Waals surface area contributed by atoms with Crippen molar-refractivity contribution in [3.63, 3.8) is 0 Å². The maximum atomic E-state index is 13.8. The Morgan fingerprint density at radius 2 is 1.76 bits per heavy atom. The number of ether oxygens (including phenoxy) is 1. The molecule has 3 amide bonds. The Bertz CT molecular complexity index is 1150. The Morgan fingerprint density at radius 1 is 1.14 bits per heavy atom. The van der Waals surface area contributed by atoms with Gasteiger partial charge < -0.3 is 20.3 Å². The predicted octanol–water partition coefficient (Wildman–Crippen LogP) is 5.37. The summed E-state index contributed by atoms with van der Waals surface area (Å²) in [6.45, 7) is 10.6. The molecule has 9 heteroatoms. The number of nitrogens with zero attached hydrogens (tertiary/aromatic N) is 1. The van der Waals surface area contributed by atoms with Crippen LogP contribution in [0, 0.1) is 19.3 Å². The third-order valence-corrected chi connectivity index (χ3v) is 6.05. The second-order valence-corrected chi connectivity index (χ2v) is 10.6. The molecule has 0 bridgehead atoms. The second kappa shape index (κ2) is 12.9. The van der Waals surface area contributed by atoms with Gasteiger partial charge in [0.1, 0.15) is 17.7 Å². The number of thiol groups is 1. The highest BCUT2D eigenvalue weighted by Gasteiger charge is 2.37. The molecule has 2 aromatic rings. The SMILES string of the molecule is C#Cc1ccc(C(C(=O)Nc2c(C)cccc2Cl)N(C(=O)C(CS)NC(=O)OC(C)(C)C)C(C)C)cc1. The molecule has 0 aliphatic heterocycles. The summed E-state index contributed by atoms with van der Waals surface area (Å²) in [5.41, 5.74) is 1.64. The average molecular weight is 544 g/mol. The second-order valence-electron chi connectivity index (χ2n) is 9.81. The number of carbonyl (C=O) groups is 3. The third-order valence-electron chi connectivity index (χ3n) is 5.37. The van der Waals surface area contributed by atoms with Gasteiger partial charge in [0.15, 0.2) is 0 Å². The van der Waals surface area contributed by atoms with Crippen LogP contribution < -0.4 is 10.6 Å². The Hall–Kier alpha value is -3.15. The van der Waals surface area contributed by atoms with Crippen LogP contribution in [-0.4, -0.2) is 46.2 Å². The summed E-state index contributed by atoms with van der Waals surface area (Å²) >= 11 is 10.6. The normalized spacial score (nSPS) is 12.8. The van der Waals surface area contributed by atoms with E-state index in [-0.39, 0.29) is 5.75 Å². The molecular formula is C28H34ClN3O4S. The van der Waals surface area contributed by atoms with E-state index in [1.54, 1.807) is 71.0 Å². The number of rotatable bonds is 8. The van der Waals surface area contributed by atoms with Crippen LogP contribution in [0.25, 0.3) is 0 Å². The van der Waals surface area contributed by atoms with E-state index < -0.39 is 41.6 Å². The van der Waals surface area contributed by atoms with E-state index in [0.29, 0.717) is 21.8 Å². The molecule has 0 saturated heterocycles. The minimum absolute atomic E-state index is 0.00467. The topological polar surface area (TPSA) is 87.7 Å². The molecule has 0 spiro atoms. The fourth-order valence-electron chi connectivity index (χ4n) is 3.68. The maximum Gasteiger partial charge on any atom is 0.408 e. The van der Waals surface area contributed by atoms with Crippen molar-refractivity contribution in [3.8, 4) is 12.3 Å².